The zero-order valence-electron chi connectivity index (χ0n) is 7.10. The minimum Gasteiger partial charge on any atom is -0.389 e. The van der Waals surface area contributed by atoms with Crippen molar-refractivity contribution in [3.8, 4) is 0 Å². The fourth-order valence-electron chi connectivity index (χ4n) is 0.859. The molecule has 1 atom stereocenters. The molecule has 0 aromatic rings. The molecule has 1 aliphatic rings. The third-order valence-electron chi connectivity index (χ3n) is 1.65. The van der Waals surface area contributed by atoms with Crippen LogP contribution in [0.1, 0.15) is 13.8 Å². The zero-order chi connectivity index (χ0) is 9.35. The second-order valence-corrected chi connectivity index (χ2v) is 5.41. The van der Waals surface area contributed by atoms with Crippen molar-refractivity contribution in [3.05, 3.63) is 0 Å². The molecule has 1 aliphatic heterocycles. The van der Waals surface area contributed by atoms with Crippen LogP contribution in [0.4, 0.5) is 0 Å². The SMILES string of the molecule is CC(C)S(=O)(=O)N1CC(O)CO1. The summed E-state index contributed by atoms with van der Waals surface area (Å²) in [6, 6.07) is 0. The lowest BCUT2D eigenvalue weighted by Crippen LogP contribution is -2.34. The summed E-state index contributed by atoms with van der Waals surface area (Å²) in [5, 5.41) is 8.50. The first-order valence-corrected chi connectivity index (χ1v) is 5.27. The predicted octanol–water partition coefficient (Wildman–Crippen LogP) is -0.667. The number of sulfonamides is 1. The van der Waals surface area contributed by atoms with Crippen LogP contribution < -0.4 is 0 Å². The second-order valence-electron chi connectivity index (χ2n) is 3.03. The number of hydrogen-bond donors (Lipinski definition) is 1. The molecule has 0 bridgehead atoms. The number of β-amino-alcohol motifs (C(OH)–C–C–N with tert-alkyl or cyclic N) is 1. The zero-order valence-corrected chi connectivity index (χ0v) is 7.91. The third-order valence-corrected chi connectivity index (χ3v) is 3.66. The van der Waals surface area contributed by atoms with E-state index < -0.39 is 21.4 Å². The largest absolute Gasteiger partial charge is 0.389 e. The minimum absolute atomic E-state index is 0.0422. The van der Waals surface area contributed by atoms with Gasteiger partial charge in [0.05, 0.1) is 24.5 Å². The van der Waals surface area contributed by atoms with Crippen molar-refractivity contribution in [1.82, 2.24) is 4.47 Å². The molecular formula is C6H13NO4S. The Hall–Kier alpha value is -0.170. The average Bonchev–Trinajstić information content (AvgIpc) is 2.35. The van der Waals surface area contributed by atoms with Gasteiger partial charge in [0.2, 0.25) is 10.0 Å². The van der Waals surface area contributed by atoms with Crippen LogP contribution in [0.2, 0.25) is 0 Å². The molecule has 1 rings (SSSR count). The Labute approximate surface area is 71.9 Å². The summed E-state index contributed by atoms with van der Waals surface area (Å²) in [5.74, 6) is 0. The molecule has 0 spiro atoms. The van der Waals surface area contributed by atoms with Crippen LogP contribution in [-0.4, -0.2) is 42.5 Å². The van der Waals surface area contributed by atoms with E-state index in [2.05, 4.69) is 0 Å². The molecule has 12 heavy (non-hydrogen) atoms. The smallest absolute Gasteiger partial charge is 0.238 e. The Morgan fingerprint density at radius 3 is 2.50 bits per heavy atom. The van der Waals surface area contributed by atoms with Crippen LogP contribution in [0.15, 0.2) is 0 Å². The van der Waals surface area contributed by atoms with Gasteiger partial charge in [-0.05, 0) is 13.8 Å². The quantitative estimate of drug-likeness (QED) is 0.634. The van der Waals surface area contributed by atoms with Crippen molar-refractivity contribution < 1.29 is 18.4 Å². The maximum absolute atomic E-state index is 11.4. The van der Waals surface area contributed by atoms with Gasteiger partial charge in [-0.1, -0.05) is 4.47 Å². The highest BCUT2D eigenvalue weighted by Crippen LogP contribution is 2.14. The summed E-state index contributed by atoms with van der Waals surface area (Å²) in [5.41, 5.74) is 0. The van der Waals surface area contributed by atoms with Gasteiger partial charge in [-0.25, -0.2) is 8.42 Å². The van der Waals surface area contributed by atoms with Crippen molar-refractivity contribution in [1.29, 1.82) is 0 Å². The first-order chi connectivity index (χ1) is 5.44. The molecule has 0 aromatic heterocycles. The summed E-state index contributed by atoms with van der Waals surface area (Å²) in [6.07, 6.45) is -0.696. The molecule has 1 fully saturated rings. The predicted molar refractivity (Wildman–Crippen MR) is 42.7 cm³/mol. The van der Waals surface area contributed by atoms with Gasteiger partial charge >= 0.3 is 0 Å². The Morgan fingerprint density at radius 1 is 1.58 bits per heavy atom. The highest BCUT2D eigenvalue weighted by molar-refractivity contribution is 7.89. The molecule has 1 unspecified atom stereocenters. The minimum atomic E-state index is -3.36. The van der Waals surface area contributed by atoms with Crippen molar-refractivity contribution in [2.45, 2.75) is 25.2 Å². The lowest BCUT2D eigenvalue weighted by Gasteiger charge is -2.16. The van der Waals surface area contributed by atoms with Crippen molar-refractivity contribution >= 4 is 10.0 Å². The Morgan fingerprint density at radius 2 is 2.17 bits per heavy atom. The van der Waals surface area contributed by atoms with Crippen molar-refractivity contribution in [2.75, 3.05) is 13.2 Å². The second kappa shape index (κ2) is 3.29. The maximum atomic E-state index is 11.4. The molecule has 0 aliphatic carbocycles. The van der Waals surface area contributed by atoms with Crippen molar-refractivity contribution in [3.63, 3.8) is 0 Å². The normalized spacial score (nSPS) is 26.8. The monoisotopic (exact) mass is 195 g/mol. The van der Waals surface area contributed by atoms with Crippen LogP contribution >= 0.6 is 0 Å². The number of hydrogen-bond acceptors (Lipinski definition) is 4. The molecule has 0 radical (unpaired) electrons. The highest BCUT2D eigenvalue weighted by atomic mass is 32.2. The van der Waals surface area contributed by atoms with Gasteiger partial charge in [-0.3, -0.25) is 4.84 Å². The Bertz CT molecular complexity index is 248. The lowest BCUT2D eigenvalue weighted by atomic mass is 10.4. The maximum Gasteiger partial charge on any atom is 0.238 e. The molecular weight excluding hydrogens is 182 g/mol. The van der Waals surface area contributed by atoms with Crippen molar-refractivity contribution in [2.24, 2.45) is 0 Å². The van der Waals surface area contributed by atoms with E-state index in [4.69, 9.17) is 9.94 Å². The topological polar surface area (TPSA) is 66.8 Å². The lowest BCUT2D eigenvalue weighted by molar-refractivity contribution is -0.0322. The molecule has 0 aromatic carbocycles. The van der Waals surface area contributed by atoms with Crippen LogP contribution in [0, 0.1) is 0 Å². The molecule has 1 N–H and O–H groups in total. The fraction of sp³-hybridized carbons (Fsp3) is 1.00. The number of rotatable bonds is 2. The van der Waals surface area contributed by atoms with Gasteiger partial charge < -0.3 is 5.11 Å². The van der Waals surface area contributed by atoms with E-state index in [9.17, 15) is 8.42 Å². The summed E-state index contributed by atoms with van der Waals surface area (Å²) in [7, 11) is -3.36. The van der Waals surface area contributed by atoms with Gasteiger partial charge in [-0.2, -0.15) is 0 Å². The first-order valence-electron chi connectivity index (χ1n) is 3.77. The summed E-state index contributed by atoms with van der Waals surface area (Å²) in [4.78, 5) is 4.79. The number of aliphatic hydroxyl groups is 1. The molecule has 0 amide bonds. The molecule has 6 heteroatoms. The average molecular weight is 195 g/mol. The van der Waals surface area contributed by atoms with Crippen LogP contribution in [-0.2, 0) is 14.9 Å². The summed E-state index contributed by atoms with van der Waals surface area (Å²) < 4.78 is 23.6. The summed E-state index contributed by atoms with van der Waals surface area (Å²) in [6.45, 7) is 3.25. The van der Waals surface area contributed by atoms with E-state index in [0.29, 0.717) is 0 Å². The Balaban J connectivity index is 2.71. The number of aliphatic hydroxyl groups excluding tert-OH is 1. The first kappa shape index (κ1) is 9.91. The van der Waals surface area contributed by atoms with Crippen LogP contribution in [0.3, 0.4) is 0 Å². The third kappa shape index (κ3) is 1.77. The Kier molecular flexibility index (Phi) is 2.72. The van der Waals surface area contributed by atoms with E-state index >= 15 is 0 Å². The van der Waals surface area contributed by atoms with Gasteiger partial charge in [0.1, 0.15) is 0 Å². The molecule has 0 saturated carbocycles. The fourth-order valence-corrected chi connectivity index (χ4v) is 1.92. The van der Waals surface area contributed by atoms with E-state index in [1.807, 2.05) is 0 Å². The van der Waals surface area contributed by atoms with E-state index in [1.54, 1.807) is 13.8 Å². The van der Waals surface area contributed by atoms with Gasteiger partial charge in [-0.15, -0.1) is 0 Å². The van der Waals surface area contributed by atoms with Gasteiger partial charge in [0.25, 0.3) is 0 Å². The molecule has 1 saturated heterocycles. The van der Waals surface area contributed by atoms with Crippen LogP contribution in [0.5, 0.6) is 0 Å². The van der Waals surface area contributed by atoms with E-state index in [1.165, 1.54) is 0 Å². The van der Waals surface area contributed by atoms with E-state index in [-0.39, 0.29) is 13.2 Å². The summed E-state index contributed by atoms with van der Waals surface area (Å²) >= 11 is 0. The van der Waals surface area contributed by atoms with E-state index in [0.717, 1.165) is 4.47 Å². The van der Waals surface area contributed by atoms with Crippen LogP contribution in [0.25, 0.3) is 0 Å². The standard InChI is InChI=1S/C6H13NO4S/c1-5(2)12(9,10)7-3-6(8)4-11-7/h5-6,8H,3-4H2,1-2H3. The molecule has 5 nitrogen and oxygen atoms in total. The number of nitrogens with zero attached hydrogens (tertiary/aromatic N) is 1. The molecule has 1 heterocycles. The number of hydroxylamine groups is 1. The molecule has 72 valence electrons. The van der Waals surface area contributed by atoms with Gasteiger partial charge in [0.15, 0.2) is 0 Å². The highest BCUT2D eigenvalue weighted by Gasteiger charge is 2.33. The van der Waals surface area contributed by atoms with Gasteiger partial charge in [0, 0.05) is 0 Å².